The van der Waals surface area contributed by atoms with E-state index in [9.17, 15) is 44.3 Å². The van der Waals surface area contributed by atoms with Crippen molar-refractivity contribution in [3.8, 4) is 0 Å². The molecular formula is C15H21F9O3. The molecule has 3 nitrogen and oxygen atoms in total. The maximum atomic E-state index is 13.0. The predicted molar refractivity (Wildman–Crippen MR) is 75.9 cm³/mol. The second kappa shape index (κ2) is 10.3. The highest BCUT2D eigenvalue weighted by Gasteiger charge is 2.84. The number of unbranched alkanes of at least 4 members (excludes halogenated alkanes) is 7. The fraction of sp³-hybridized carbons (Fsp3) is 0.933. The molecule has 0 aromatic heterocycles. The molecular weight excluding hydrogens is 399 g/mol. The second-order valence-electron chi connectivity index (χ2n) is 5.84. The quantitative estimate of drug-likeness (QED) is 0.200. The summed E-state index contributed by atoms with van der Waals surface area (Å²) in [6, 6.07) is 0. The Balaban J connectivity index is 4.36. The number of hydrogen-bond acceptors (Lipinski definition) is 3. The van der Waals surface area contributed by atoms with Gasteiger partial charge in [-0.25, -0.2) is 4.79 Å². The lowest BCUT2D eigenvalue weighted by molar-refractivity contribution is -0.435. The largest absolute Gasteiger partial charge is 0.513 e. The van der Waals surface area contributed by atoms with Crippen LogP contribution in [0.1, 0.15) is 58.3 Å². The van der Waals surface area contributed by atoms with E-state index in [0.717, 1.165) is 38.5 Å². The Labute approximate surface area is 150 Å². The molecule has 0 bridgehead atoms. The van der Waals surface area contributed by atoms with Gasteiger partial charge in [0.15, 0.2) is 0 Å². The molecule has 0 aromatic carbocycles. The Morgan fingerprint density at radius 1 is 0.704 bits per heavy atom. The molecule has 0 aliphatic carbocycles. The maximum absolute atomic E-state index is 13.0. The molecule has 0 rings (SSSR count). The van der Waals surface area contributed by atoms with E-state index >= 15 is 0 Å². The Kier molecular flexibility index (Phi) is 9.74. The predicted octanol–water partition coefficient (Wildman–Crippen LogP) is 6.71. The lowest BCUT2D eigenvalue weighted by atomic mass is 10.1. The van der Waals surface area contributed by atoms with Crippen LogP contribution < -0.4 is 0 Å². The Bertz CT molecular complexity index is 450. The molecule has 0 unspecified atom stereocenters. The van der Waals surface area contributed by atoms with E-state index in [1.165, 1.54) is 0 Å². The molecule has 0 saturated heterocycles. The van der Waals surface area contributed by atoms with Crippen LogP contribution in [0, 0.1) is 0 Å². The summed E-state index contributed by atoms with van der Waals surface area (Å²) in [4.78, 5) is 10.9. The molecule has 0 aliphatic heterocycles. The summed E-state index contributed by atoms with van der Waals surface area (Å²) in [7, 11) is 0. The second-order valence-corrected chi connectivity index (χ2v) is 5.84. The highest BCUT2D eigenvalue weighted by Crippen LogP contribution is 2.53. The van der Waals surface area contributed by atoms with Crippen LogP contribution in [0.15, 0.2) is 0 Å². The normalized spacial score (nSPS) is 13.6. The highest BCUT2D eigenvalue weighted by molar-refractivity contribution is 5.60. The van der Waals surface area contributed by atoms with Gasteiger partial charge in [0.2, 0.25) is 0 Å². The van der Waals surface area contributed by atoms with Crippen LogP contribution in [0.25, 0.3) is 0 Å². The van der Waals surface area contributed by atoms with Crippen molar-refractivity contribution in [2.75, 3.05) is 6.61 Å². The van der Waals surface area contributed by atoms with Crippen molar-refractivity contribution in [1.82, 2.24) is 0 Å². The van der Waals surface area contributed by atoms with Crippen molar-refractivity contribution in [2.45, 2.75) is 82.4 Å². The van der Waals surface area contributed by atoms with E-state index in [-0.39, 0.29) is 6.42 Å². The van der Waals surface area contributed by atoms with Crippen LogP contribution >= 0.6 is 0 Å². The summed E-state index contributed by atoms with van der Waals surface area (Å²) in [6.07, 6.45) is -9.43. The number of carbonyl (C=O) groups is 1. The number of rotatable bonds is 12. The smallest absolute Gasteiger partial charge is 0.434 e. The Hall–Kier alpha value is -1.36. The van der Waals surface area contributed by atoms with Crippen LogP contribution in [-0.4, -0.2) is 36.9 Å². The minimum absolute atomic E-state index is 0.156. The first-order chi connectivity index (χ1) is 12.2. The number of alkyl halides is 9. The molecule has 0 aromatic rings. The molecule has 0 aliphatic rings. The van der Waals surface area contributed by atoms with E-state index in [1.54, 1.807) is 0 Å². The van der Waals surface area contributed by atoms with Crippen molar-refractivity contribution in [2.24, 2.45) is 0 Å². The van der Waals surface area contributed by atoms with Crippen molar-refractivity contribution in [1.29, 1.82) is 0 Å². The van der Waals surface area contributed by atoms with Crippen LogP contribution in [0.3, 0.4) is 0 Å². The van der Waals surface area contributed by atoms with Crippen LogP contribution in [0.4, 0.5) is 44.3 Å². The van der Waals surface area contributed by atoms with Crippen LogP contribution in [0.2, 0.25) is 0 Å². The molecule has 12 heteroatoms. The van der Waals surface area contributed by atoms with Gasteiger partial charge in [0.25, 0.3) is 0 Å². The molecule has 0 amide bonds. The van der Waals surface area contributed by atoms with Gasteiger partial charge in [-0.1, -0.05) is 51.9 Å². The Morgan fingerprint density at radius 3 is 1.59 bits per heavy atom. The standard InChI is InChI=1S/C15H21F9O3/c1-2-3-4-5-6-7-8-9-10-26-11(25)27-15(23,24)13(18,19)12(16,17)14(20,21)22/h2-10H2,1H3. The SMILES string of the molecule is CCCCCCCCCCOC(=O)OC(F)(F)C(F)(F)C(F)(F)C(F)(F)F. The minimum atomic E-state index is -7.12. The molecule has 27 heavy (non-hydrogen) atoms. The van der Waals surface area contributed by atoms with E-state index < -0.39 is 36.9 Å². The summed E-state index contributed by atoms with van der Waals surface area (Å²) in [6.45, 7) is 1.51. The zero-order valence-electron chi connectivity index (χ0n) is 14.5. The van der Waals surface area contributed by atoms with E-state index in [0.29, 0.717) is 6.42 Å². The van der Waals surface area contributed by atoms with Gasteiger partial charge in [-0.3, -0.25) is 0 Å². The van der Waals surface area contributed by atoms with Gasteiger partial charge in [0.1, 0.15) is 0 Å². The topological polar surface area (TPSA) is 35.5 Å². The average Bonchev–Trinajstić information content (AvgIpc) is 2.51. The average molecular weight is 420 g/mol. The first-order valence-corrected chi connectivity index (χ1v) is 8.26. The molecule has 0 N–H and O–H groups in total. The maximum Gasteiger partial charge on any atom is 0.513 e. The van der Waals surface area contributed by atoms with Gasteiger partial charge >= 0.3 is 30.3 Å². The number of ether oxygens (including phenoxy) is 2. The molecule has 0 heterocycles. The summed E-state index contributed by atoms with van der Waals surface area (Å²) < 4.78 is 119. The zero-order valence-corrected chi connectivity index (χ0v) is 14.5. The van der Waals surface area contributed by atoms with Gasteiger partial charge in [0, 0.05) is 0 Å². The van der Waals surface area contributed by atoms with E-state index in [4.69, 9.17) is 0 Å². The van der Waals surface area contributed by atoms with Gasteiger partial charge in [-0.15, -0.1) is 0 Å². The van der Waals surface area contributed by atoms with Crippen LogP contribution in [0.5, 0.6) is 0 Å². The fourth-order valence-corrected chi connectivity index (χ4v) is 1.95. The molecule has 162 valence electrons. The minimum Gasteiger partial charge on any atom is -0.434 e. The Morgan fingerprint density at radius 2 is 1.15 bits per heavy atom. The van der Waals surface area contributed by atoms with Gasteiger partial charge in [0.05, 0.1) is 6.61 Å². The lowest BCUT2D eigenvalue weighted by Gasteiger charge is -2.32. The third kappa shape index (κ3) is 7.28. The number of halogens is 9. The summed E-state index contributed by atoms with van der Waals surface area (Å²) in [5, 5.41) is 0. The first kappa shape index (κ1) is 25.6. The molecule has 0 fully saturated rings. The first-order valence-electron chi connectivity index (χ1n) is 8.26. The van der Waals surface area contributed by atoms with E-state index in [1.807, 2.05) is 6.92 Å². The zero-order chi connectivity index (χ0) is 21.4. The third-order valence-electron chi connectivity index (χ3n) is 3.55. The van der Waals surface area contributed by atoms with Crippen molar-refractivity contribution >= 4 is 6.16 Å². The van der Waals surface area contributed by atoms with Gasteiger partial charge in [-0.05, 0) is 6.42 Å². The fourth-order valence-electron chi connectivity index (χ4n) is 1.95. The van der Waals surface area contributed by atoms with Crippen molar-refractivity contribution in [3.05, 3.63) is 0 Å². The van der Waals surface area contributed by atoms with Gasteiger partial charge < -0.3 is 9.47 Å². The van der Waals surface area contributed by atoms with E-state index in [2.05, 4.69) is 9.47 Å². The molecule has 0 spiro atoms. The van der Waals surface area contributed by atoms with Crippen LogP contribution in [-0.2, 0) is 9.47 Å². The monoisotopic (exact) mass is 420 g/mol. The molecule has 0 radical (unpaired) electrons. The van der Waals surface area contributed by atoms with Crippen molar-refractivity contribution in [3.63, 3.8) is 0 Å². The summed E-state index contributed by atoms with van der Waals surface area (Å²) >= 11 is 0. The highest BCUT2D eigenvalue weighted by atomic mass is 19.4. The number of hydrogen-bond donors (Lipinski definition) is 0. The number of carbonyl (C=O) groups excluding carboxylic acids is 1. The summed E-state index contributed by atoms with van der Waals surface area (Å²) in [5.41, 5.74) is 0. The lowest BCUT2D eigenvalue weighted by Crippen LogP contribution is -2.62. The molecule has 0 atom stereocenters. The van der Waals surface area contributed by atoms with Crippen molar-refractivity contribution < 1.29 is 53.8 Å². The molecule has 0 saturated carbocycles. The van der Waals surface area contributed by atoms with Gasteiger partial charge in [-0.2, -0.15) is 39.5 Å². The third-order valence-corrected chi connectivity index (χ3v) is 3.55. The summed E-state index contributed by atoms with van der Waals surface area (Å²) in [5.74, 6) is -14.1.